The minimum absolute atomic E-state index is 0.151. The number of benzene rings is 1. The minimum atomic E-state index is -3.55. The average Bonchev–Trinajstić information content (AvgIpc) is 3.36. The smallest absolute Gasteiger partial charge is 0.268 e. The molecule has 1 aliphatic heterocycles. The molecular formula is C22H31N3O3S. The second-order valence-corrected chi connectivity index (χ2v) is 10.0. The molecule has 1 amide bonds. The fraction of sp³-hybridized carbons (Fsp3) is 0.500. The Hall–Kier alpha value is -2.12. The van der Waals surface area contributed by atoms with Gasteiger partial charge in [-0.05, 0) is 42.4 Å². The van der Waals surface area contributed by atoms with Gasteiger partial charge in [-0.2, -0.15) is 4.31 Å². The first-order chi connectivity index (χ1) is 13.7. The average molecular weight is 418 g/mol. The van der Waals surface area contributed by atoms with Crippen LogP contribution in [0.1, 0.15) is 61.3 Å². The molecular weight excluding hydrogens is 386 g/mol. The zero-order valence-electron chi connectivity index (χ0n) is 17.7. The van der Waals surface area contributed by atoms with E-state index in [0.29, 0.717) is 18.8 Å². The standard InChI is InChI=1S/C22H31N3O3S/c1-5-17-8-10-18(11-9-17)21(16(2)3)23-22(26)20-14-19(15-24(20)4)29(27,28)25-12-6-7-13-25/h8-11,14-16,21H,5-7,12-13H2,1-4H3,(H,23,26). The minimum Gasteiger partial charge on any atom is -0.345 e. The number of carbonyl (C=O) groups is 1. The van der Waals surface area contributed by atoms with Crippen molar-refractivity contribution in [2.45, 2.75) is 51.0 Å². The largest absolute Gasteiger partial charge is 0.345 e. The summed E-state index contributed by atoms with van der Waals surface area (Å²) in [6, 6.07) is 9.61. The number of amides is 1. The molecule has 1 fully saturated rings. The Morgan fingerprint density at radius 3 is 2.31 bits per heavy atom. The lowest BCUT2D eigenvalue weighted by molar-refractivity contribution is 0.0917. The second kappa shape index (κ2) is 8.71. The molecule has 1 aromatic carbocycles. The SMILES string of the molecule is CCc1ccc(C(NC(=O)c2cc(S(=O)(=O)N3CCCC3)cn2C)C(C)C)cc1. The normalized spacial score (nSPS) is 16.3. The molecule has 7 heteroatoms. The molecule has 2 heterocycles. The molecule has 1 atom stereocenters. The van der Waals surface area contributed by atoms with Crippen molar-refractivity contribution in [2.75, 3.05) is 13.1 Å². The van der Waals surface area contributed by atoms with Crippen molar-refractivity contribution in [1.29, 1.82) is 0 Å². The van der Waals surface area contributed by atoms with Gasteiger partial charge in [0.1, 0.15) is 10.6 Å². The predicted octanol–water partition coefficient (Wildman–Crippen LogP) is 3.50. The van der Waals surface area contributed by atoms with E-state index in [2.05, 4.69) is 50.4 Å². The number of rotatable bonds is 7. The van der Waals surface area contributed by atoms with Crippen LogP contribution in [0.25, 0.3) is 0 Å². The summed E-state index contributed by atoms with van der Waals surface area (Å²) >= 11 is 0. The highest BCUT2D eigenvalue weighted by molar-refractivity contribution is 7.89. The van der Waals surface area contributed by atoms with Crippen molar-refractivity contribution in [3.63, 3.8) is 0 Å². The van der Waals surface area contributed by atoms with Gasteiger partial charge in [0, 0.05) is 26.3 Å². The van der Waals surface area contributed by atoms with E-state index >= 15 is 0 Å². The van der Waals surface area contributed by atoms with Crippen LogP contribution < -0.4 is 5.32 Å². The summed E-state index contributed by atoms with van der Waals surface area (Å²) < 4.78 is 28.7. The van der Waals surface area contributed by atoms with E-state index in [1.165, 1.54) is 22.1 Å². The maximum atomic E-state index is 13.0. The van der Waals surface area contributed by atoms with Crippen LogP contribution in [0.15, 0.2) is 41.4 Å². The van der Waals surface area contributed by atoms with Gasteiger partial charge in [-0.15, -0.1) is 0 Å². The van der Waals surface area contributed by atoms with E-state index in [4.69, 9.17) is 0 Å². The third kappa shape index (κ3) is 4.56. The zero-order chi connectivity index (χ0) is 21.2. The first kappa shape index (κ1) is 21.6. The number of sulfonamides is 1. The Labute approximate surface area is 174 Å². The fourth-order valence-electron chi connectivity index (χ4n) is 3.79. The molecule has 2 aromatic rings. The Bertz CT molecular complexity index is 956. The van der Waals surface area contributed by atoms with Crippen LogP contribution >= 0.6 is 0 Å². The second-order valence-electron chi connectivity index (χ2n) is 8.07. The van der Waals surface area contributed by atoms with E-state index in [0.717, 1.165) is 24.8 Å². The Balaban J connectivity index is 1.82. The summed E-state index contributed by atoms with van der Waals surface area (Å²) in [5.41, 5.74) is 2.64. The molecule has 158 valence electrons. The number of nitrogens with zero attached hydrogens (tertiary/aromatic N) is 2. The number of aryl methyl sites for hydroxylation is 2. The Morgan fingerprint density at radius 2 is 1.76 bits per heavy atom. The van der Waals surface area contributed by atoms with Gasteiger partial charge in [0.15, 0.2) is 0 Å². The zero-order valence-corrected chi connectivity index (χ0v) is 18.5. The predicted molar refractivity (Wildman–Crippen MR) is 114 cm³/mol. The monoisotopic (exact) mass is 417 g/mol. The third-order valence-corrected chi connectivity index (χ3v) is 7.48. The molecule has 6 nitrogen and oxygen atoms in total. The van der Waals surface area contributed by atoms with Gasteiger partial charge in [-0.1, -0.05) is 45.0 Å². The van der Waals surface area contributed by atoms with Gasteiger partial charge < -0.3 is 9.88 Å². The van der Waals surface area contributed by atoms with E-state index in [1.54, 1.807) is 11.6 Å². The van der Waals surface area contributed by atoms with Gasteiger partial charge >= 0.3 is 0 Å². The molecule has 0 radical (unpaired) electrons. The molecule has 29 heavy (non-hydrogen) atoms. The topological polar surface area (TPSA) is 71.4 Å². The number of hydrogen-bond donors (Lipinski definition) is 1. The van der Waals surface area contributed by atoms with Crippen LogP contribution in [-0.4, -0.2) is 36.3 Å². The molecule has 0 bridgehead atoms. The summed E-state index contributed by atoms with van der Waals surface area (Å²) in [6.07, 6.45) is 4.26. The van der Waals surface area contributed by atoms with Gasteiger partial charge in [0.2, 0.25) is 10.0 Å². The van der Waals surface area contributed by atoms with E-state index in [9.17, 15) is 13.2 Å². The summed E-state index contributed by atoms with van der Waals surface area (Å²) in [5, 5.41) is 3.09. The molecule has 3 rings (SSSR count). The summed E-state index contributed by atoms with van der Waals surface area (Å²) in [7, 11) is -1.84. The van der Waals surface area contributed by atoms with Crippen molar-refractivity contribution < 1.29 is 13.2 Å². The first-order valence-corrected chi connectivity index (χ1v) is 11.7. The molecule has 0 aliphatic carbocycles. The first-order valence-electron chi connectivity index (χ1n) is 10.3. The van der Waals surface area contributed by atoms with Crippen LogP contribution in [0.4, 0.5) is 0 Å². The highest BCUT2D eigenvalue weighted by Gasteiger charge is 2.30. The van der Waals surface area contributed by atoms with Gasteiger partial charge in [-0.25, -0.2) is 8.42 Å². The van der Waals surface area contributed by atoms with Gasteiger partial charge in [0.05, 0.1) is 6.04 Å². The fourth-order valence-corrected chi connectivity index (χ4v) is 5.38. The van der Waals surface area contributed by atoms with Crippen molar-refractivity contribution in [3.05, 3.63) is 53.3 Å². The van der Waals surface area contributed by atoms with Crippen molar-refractivity contribution >= 4 is 15.9 Å². The van der Waals surface area contributed by atoms with Crippen LogP contribution in [0.3, 0.4) is 0 Å². The van der Waals surface area contributed by atoms with Crippen LogP contribution in [0, 0.1) is 5.92 Å². The maximum absolute atomic E-state index is 13.0. The number of carbonyl (C=O) groups excluding carboxylic acids is 1. The van der Waals surface area contributed by atoms with E-state index in [1.807, 2.05) is 0 Å². The molecule has 1 N–H and O–H groups in total. The number of nitrogens with one attached hydrogen (secondary N) is 1. The molecule has 1 aromatic heterocycles. The Kier molecular flexibility index (Phi) is 6.49. The van der Waals surface area contributed by atoms with Crippen LogP contribution in [-0.2, 0) is 23.5 Å². The van der Waals surface area contributed by atoms with Gasteiger partial charge in [-0.3, -0.25) is 4.79 Å². The van der Waals surface area contributed by atoms with Crippen LogP contribution in [0.5, 0.6) is 0 Å². The summed E-state index contributed by atoms with van der Waals surface area (Å²) in [6.45, 7) is 7.32. The van der Waals surface area contributed by atoms with Gasteiger partial charge in [0.25, 0.3) is 5.91 Å². The molecule has 1 aliphatic rings. The molecule has 0 spiro atoms. The quantitative estimate of drug-likeness (QED) is 0.749. The molecule has 1 unspecified atom stereocenters. The summed E-state index contributed by atoms with van der Waals surface area (Å²) in [4.78, 5) is 13.2. The summed E-state index contributed by atoms with van der Waals surface area (Å²) in [5.74, 6) is -0.0758. The molecule has 0 saturated carbocycles. The van der Waals surface area contributed by atoms with Crippen molar-refractivity contribution in [1.82, 2.24) is 14.2 Å². The lowest BCUT2D eigenvalue weighted by Crippen LogP contribution is -2.32. The molecule has 1 saturated heterocycles. The van der Waals surface area contributed by atoms with E-state index in [-0.39, 0.29) is 22.8 Å². The number of hydrogen-bond acceptors (Lipinski definition) is 3. The highest BCUT2D eigenvalue weighted by atomic mass is 32.2. The third-order valence-electron chi connectivity index (χ3n) is 5.62. The Morgan fingerprint density at radius 1 is 1.14 bits per heavy atom. The van der Waals surface area contributed by atoms with Crippen molar-refractivity contribution in [3.8, 4) is 0 Å². The van der Waals surface area contributed by atoms with Crippen LogP contribution in [0.2, 0.25) is 0 Å². The maximum Gasteiger partial charge on any atom is 0.268 e. The lowest BCUT2D eigenvalue weighted by Gasteiger charge is -2.23. The van der Waals surface area contributed by atoms with Crippen molar-refractivity contribution in [2.24, 2.45) is 13.0 Å². The van der Waals surface area contributed by atoms with E-state index < -0.39 is 10.0 Å². The lowest BCUT2D eigenvalue weighted by atomic mass is 9.94. The number of aromatic nitrogens is 1. The highest BCUT2D eigenvalue weighted by Crippen LogP contribution is 2.25.